The van der Waals surface area contributed by atoms with E-state index in [9.17, 15) is 9.59 Å². The van der Waals surface area contributed by atoms with Crippen molar-refractivity contribution in [1.82, 2.24) is 15.3 Å². The molecule has 2 atom stereocenters. The number of rotatable bonds is 5. The molecular formula is C15H17N5O3S. The number of carbonyl (C=O) groups excluding carboxylic acids is 1. The summed E-state index contributed by atoms with van der Waals surface area (Å²) in [6.07, 6.45) is 1.74. The maximum absolute atomic E-state index is 11.9. The number of amides is 1. The van der Waals surface area contributed by atoms with Gasteiger partial charge in [-0.2, -0.15) is 4.98 Å². The fraction of sp³-hybridized carbons (Fsp3) is 0.333. The first-order chi connectivity index (χ1) is 11.5. The zero-order valence-electron chi connectivity index (χ0n) is 12.9. The highest BCUT2D eigenvalue weighted by atomic mass is 32.1. The number of carboxylic acid groups (broad SMARTS) is 1. The van der Waals surface area contributed by atoms with Crippen molar-refractivity contribution in [3.63, 3.8) is 0 Å². The lowest BCUT2D eigenvalue weighted by atomic mass is 9.89. The number of fused-ring (bicyclic) bond motifs is 1. The van der Waals surface area contributed by atoms with Crippen LogP contribution in [0.25, 0.3) is 0 Å². The van der Waals surface area contributed by atoms with Gasteiger partial charge in [-0.1, -0.05) is 6.92 Å². The van der Waals surface area contributed by atoms with Crippen LogP contribution in [0.2, 0.25) is 0 Å². The molecule has 0 aromatic carbocycles. The van der Waals surface area contributed by atoms with E-state index in [1.165, 1.54) is 11.3 Å². The second kappa shape index (κ2) is 6.44. The minimum Gasteiger partial charge on any atom is -0.480 e. The van der Waals surface area contributed by atoms with Crippen molar-refractivity contribution in [2.45, 2.75) is 18.8 Å². The second-order valence-electron chi connectivity index (χ2n) is 5.59. The number of nitrogen functional groups attached to an aromatic ring is 1. The van der Waals surface area contributed by atoms with E-state index < -0.39 is 5.97 Å². The molecule has 3 rings (SSSR count). The van der Waals surface area contributed by atoms with Gasteiger partial charge in [0.25, 0.3) is 5.91 Å². The van der Waals surface area contributed by atoms with Crippen molar-refractivity contribution in [3.05, 3.63) is 33.6 Å². The Labute approximate surface area is 142 Å². The van der Waals surface area contributed by atoms with Crippen molar-refractivity contribution < 1.29 is 14.7 Å². The van der Waals surface area contributed by atoms with Crippen LogP contribution in [0, 0.1) is 0 Å². The van der Waals surface area contributed by atoms with Crippen molar-refractivity contribution >= 4 is 35.0 Å². The Kier molecular flexibility index (Phi) is 4.34. The summed E-state index contributed by atoms with van der Waals surface area (Å²) < 4.78 is 0. The molecule has 0 fully saturated rings. The number of carboxylic acids is 1. The highest BCUT2D eigenvalue weighted by Crippen LogP contribution is 2.41. The predicted octanol–water partition coefficient (Wildman–Crippen LogP) is 1.25. The Hall–Kier alpha value is -2.68. The number of nitrogens with one attached hydrogen (secondary N) is 2. The SMILES string of the molecule is CC(c1ccc(C(=O)NCC(=O)O)s1)C1CNc2nc(N)ncc21. The third kappa shape index (κ3) is 3.16. The van der Waals surface area contributed by atoms with E-state index in [2.05, 4.69) is 27.5 Å². The molecule has 0 aliphatic carbocycles. The zero-order chi connectivity index (χ0) is 17.3. The van der Waals surface area contributed by atoms with E-state index in [1.54, 1.807) is 12.3 Å². The van der Waals surface area contributed by atoms with Crippen LogP contribution in [-0.4, -0.2) is 40.0 Å². The first-order valence-electron chi connectivity index (χ1n) is 7.41. The molecule has 3 heterocycles. The van der Waals surface area contributed by atoms with Gasteiger partial charge in [0.05, 0.1) is 4.88 Å². The van der Waals surface area contributed by atoms with E-state index in [0.29, 0.717) is 4.88 Å². The number of carbonyl (C=O) groups is 2. The maximum Gasteiger partial charge on any atom is 0.322 e. The highest BCUT2D eigenvalue weighted by Gasteiger charge is 2.30. The third-order valence-corrected chi connectivity index (χ3v) is 5.31. The lowest BCUT2D eigenvalue weighted by molar-refractivity contribution is -0.135. The molecule has 2 aromatic rings. The van der Waals surface area contributed by atoms with Crippen LogP contribution in [-0.2, 0) is 4.79 Å². The van der Waals surface area contributed by atoms with E-state index in [1.807, 2.05) is 6.07 Å². The number of aromatic nitrogens is 2. The van der Waals surface area contributed by atoms with Crippen LogP contribution in [0.1, 0.15) is 38.9 Å². The number of nitrogens with two attached hydrogens (primary N) is 1. The fourth-order valence-electron chi connectivity index (χ4n) is 2.74. The maximum atomic E-state index is 11.9. The van der Waals surface area contributed by atoms with Crippen LogP contribution in [0.3, 0.4) is 0 Å². The largest absolute Gasteiger partial charge is 0.480 e. The standard InChI is InChI=1S/C15H17N5O3S/c1-7(8-4-17-13-9(8)5-19-15(16)20-13)10-2-3-11(24-10)14(23)18-6-12(21)22/h2-3,5,7-8H,4,6H2,1H3,(H,18,23)(H,21,22)(H3,16,17,19,20). The molecular weight excluding hydrogens is 330 g/mol. The third-order valence-electron chi connectivity index (χ3n) is 4.03. The topological polar surface area (TPSA) is 130 Å². The first kappa shape index (κ1) is 16.2. The molecule has 1 aliphatic rings. The van der Waals surface area contributed by atoms with Crippen LogP contribution >= 0.6 is 11.3 Å². The van der Waals surface area contributed by atoms with Gasteiger partial charge in [-0.05, 0) is 18.1 Å². The summed E-state index contributed by atoms with van der Waals surface area (Å²) in [5.41, 5.74) is 6.62. The average Bonchev–Trinajstić information content (AvgIpc) is 3.18. The molecule has 0 radical (unpaired) electrons. The summed E-state index contributed by atoms with van der Waals surface area (Å²) >= 11 is 1.37. The summed E-state index contributed by atoms with van der Waals surface area (Å²) in [6, 6.07) is 3.62. The molecule has 8 nitrogen and oxygen atoms in total. The summed E-state index contributed by atoms with van der Waals surface area (Å²) in [4.78, 5) is 32.3. The smallest absolute Gasteiger partial charge is 0.322 e. The minimum absolute atomic E-state index is 0.164. The Morgan fingerprint density at radius 3 is 3.08 bits per heavy atom. The predicted molar refractivity (Wildman–Crippen MR) is 90.4 cm³/mol. The molecule has 0 bridgehead atoms. The summed E-state index contributed by atoms with van der Waals surface area (Å²) in [5.74, 6) is -0.0899. The molecule has 5 N–H and O–H groups in total. The van der Waals surface area contributed by atoms with Crippen LogP contribution in [0.4, 0.5) is 11.8 Å². The van der Waals surface area contributed by atoms with Crippen LogP contribution in [0.5, 0.6) is 0 Å². The highest BCUT2D eigenvalue weighted by molar-refractivity contribution is 7.14. The van der Waals surface area contributed by atoms with Gasteiger partial charge in [0.2, 0.25) is 5.95 Å². The fourth-order valence-corrected chi connectivity index (χ4v) is 3.78. The van der Waals surface area contributed by atoms with Gasteiger partial charge < -0.3 is 21.5 Å². The van der Waals surface area contributed by atoms with Crippen LogP contribution in [0.15, 0.2) is 18.3 Å². The molecule has 2 aromatic heterocycles. The van der Waals surface area contributed by atoms with Gasteiger partial charge >= 0.3 is 5.97 Å². The lowest BCUT2D eigenvalue weighted by Crippen LogP contribution is -2.28. The number of anilines is 2. The van der Waals surface area contributed by atoms with Crippen molar-refractivity contribution in [2.75, 3.05) is 24.1 Å². The van der Waals surface area contributed by atoms with Crippen LogP contribution < -0.4 is 16.4 Å². The Morgan fingerprint density at radius 2 is 2.33 bits per heavy atom. The molecule has 0 spiro atoms. The van der Waals surface area contributed by atoms with Crippen molar-refractivity contribution in [3.8, 4) is 0 Å². The van der Waals surface area contributed by atoms with Gasteiger partial charge in [0.15, 0.2) is 0 Å². The molecule has 24 heavy (non-hydrogen) atoms. The zero-order valence-corrected chi connectivity index (χ0v) is 13.8. The van der Waals surface area contributed by atoms with E-state index in [-0.39, 0.29) is 30.2 Å². The monoisotopic (exact) mass is 347 g/mol. The molecule has 9 heteroatoms. The Bertz CT molecular complexity index is 791. The van der Waals surface area contributed by atoms with Gasteiger partial charge in [0.1, 0.15) is 12.4 Å². The number of nitrogens with zero attached hydrogens (tertiary/aromatic N) is 2. The summed E-state index contributed by atoms with van der Waals surface area (Å²) in [5, 5.41) is 14.2. The summed E-state index contributed by atoms with van der Waals surface area (Å²) in [7, 11) is 0. The molecule has 0 saturated carbocycles. The lowest BCUT2D eigenvalue weighted by Gasteiger charge is -2.17. The van der Waals surface area contributed by atoms with Gasteiger partial charge in [0, 0.05) is 29.1 Å². The Balaban J connectivity index is 1.74. The average molecular weight is 347 g/mol. The number of aliphatic carboxylic acids is 1. The van der Waals surface area contributed by atoms with Gasteiger partial charge in [-0.3, -0.25) is 9.59 Å². The van der Waals surface area contributed by atoms with E-state index in [0.717, 1.165) is 22.8 Å². The number of hydrogen-bond donors (Lipinski definition) is 4. The quantitative estimate of drug-likeness (QED) is 0.640. The molecule has 1 aliphatic heterocycles. The molecule has 1 amide bonds. The number of thiophene rings is 1. The van der Waals surface area contributed by atoms with Crippen molar-refractivity contribution in [1.29, 1.82) is 0 Å². The van der Waals surface area contributed by atoms with Crippen molar-refractivity contribution in [2.24, 2.45) is 0 Å². The molecule has 0 saturated heterocycles. The molecule has 126 valence electrons. The van der Waals surface area contributed by atoms with E-state index >= 15 is 0 Å². The number of hydrogen-bond acceptors (Lipinski definition) is 7. The summed E-state index contributed by atoms with van der Waals surface area (Å²) in [6.45, 7) is 2.43. The minimum atomic E-state index is -1.07. The van der Waals surface area contributed by atoms with Gasteiger partial charge in [-0.15, -0.1) is 11.3 Å². The Morgan fingerprint density at radius 1 is 1.54 bits per heavy atom. The second-order valence-corrected chi connectivity index (χ2v) is 6.70. The first-order valence-corrected chi connectivity index (χ1v) is 8.23. The van der Waals surface area contributed by atoms with E-state index in [4.69, 9.17) is 10.8 Å². The normalized spacial score (nSPS) is 17.0. The molecule has 2 unspecified atom stereocenters. The van der Waals surface area contributed by atoms with Gasteiger partial charge in [-0.25, -0.2) is 4.98 Å².